The average Bonchev–Trinajstić information content (AvgIpc) is 2.90. The van der Waals surface area contributed by atoms with Crippen LogP contribution in [0, 0.1) is 11.7 Å². The Bertz CT molecular complexity index is 1320. The van der Waals surface area contributed by atoms with Gasteiger partial charge in [-0.25, -0.2) is 14.0 Å². The third-order valence-corrected chi connectivity index (χ3v) is 8.59. The molecule has 2 aliphatic heterocycles. The van der Waals surface area contributed by atoms with Crippen LogP contribution >= 0.6 is 11.8 Å². The number of aliphatic carboxylic acids is 2. The van der Waals surface area contributed by atoms with E-state index in [4.69, 9.17) is 19.8 Å². The molecular formula is C28H29F4NO7S. The zero-order valence-corrected chi connectivity index (χ0v) is 22.5. The van der Waals surface area contributed by atoms with Gasteiger partial charge in [0.2, 0.25) is 0 Å². The molecule has 2 heterocycles. The van der Waals surface area contributed by atoms with Crippen LogP contribution in [0.1, 0.15) is 42.4 Å². The van der Waals surface area contributed by atoms with Crippen molar-refractivity contribution >= 4 is 29.3 Å². The quantitative estimate of drug-likeness (QED) is 0.220. The maximum Gasteiger partial charge on any atom is 0.416 e. The van der Waals surface area contributed by atoms with Crippen molar-refractivity contribution in [1.29, 1.82) is 0 Å². The van der Waals surface area contributed by atoms with Gasteiger partial charge >= 0.3 is 18.1 Å². The highest BCUT2D eigenvalue weighted by Crippen LogP contribution is 2.49. The first-order valence-electron chi connectivity index (χ1n) is 12.9. The lowest BCUT2D eigenvalue weighted by atomic mass is 9.82. The molecule has 0 bridgehead atoms. The van der Waals surface area contributed by atoms with Crippen molar-refractivity contribution in [3.63, 3.8) is 0 Å². The summed E-state index contributed by atoms with van der Waals surface area (Å²) in [6.45, 7) is 2.07. The summed E-state index contributed by atoms with van der Waals surface area (Å²) in [4.78, 5) is 21.8. The fraction of sp³-hybridized carbons (Fsp3) is 0.429. The monoisotopic (exact) mass is 599 g/mol. The second-order valence-corrected chi connectivity index (χ2v) is 11.4. The Morgan fingerprint density at radius 1 is 0.878 bits per heavy atom. The molecule has 2 unspecified atom stereocenters. The van der Waals surface area contributed by atoms with Crippen molar-refractivity contribution in [3.05, 3.63) is 64.5 Å². The Kier molecular flexibility index (Phi) is 9.44. The first kappa shape index (κ1) is 31.0. The van der Waals surface area contributed by atoms with Crippen molar-refractivity contribution < 1.29 is 52.7 Å². The van der Waals surface area contributed by atoms with Gasteiger partial charge in [0.05, 0.1) is 17.8 Å². The number of fused-ring (bicyclic) bond motifs is 2. The number of halogens is 4. The van der Waals surface area contributed by atoms with E-state index in [-0.39, 0.29) is 11.7 Å². The molecule has 1 saturated heterocycles. The van der Waals surface area contributed by atoms with Crippen LogP contribution in [0.15, 0.2) is 51.8 Å². The Labute approximate surface area is 236 Å². The number of benzene rings is 2. The predicted octanol–water partition coefficient (Wildman–Crippen LogP) is 3.86. The molecule has 4 atom stereocenters. The highest BCUT2D eigenvalue weighted by molar-refractivity contribution is 7.99. The number of aliphatic hydroxyl groups is 3. The molecule has 0 aromatic heterocycles. The van der Waals surface area contributed by atoms with Gasteiger partial charge in [0.15, 0.2) is 0 Å². The second-order valence-electron chi connectivity index (χ2n) is 10.3. The van der Waals surface area contributed by atoms with Crippen molar-refractivity contribution in [2.24, 2.45) is 5.92 Å². The molecule has 5 rings (SSSR count). The van der Waals surface area contributed by atoms with Crippen LogP contribution in [0.25, 0.3) is 5.57 Å². The first-order valence-corrected chi connectivity index (χ1v) is 13.7. The van der Waals surface area contributed by atoms with E-state index in [1.165, 1.54) is 36.0 Å². The topological polar surface area (TPSA) is 139 Å². The molecule has 41 heavy (non-hydrogen) atoms. The van der Waals surface area contributed by atoms with E-state index >= 15 is 0 Å². The smallest absolute Gasteiger partial charge is 0.416 e. The Morgan fingerprint density at radius 2 is 1.49 bits per heavy atom. The Morgan fingerprint density at radius 3 is 2.05 bits per heavy atom. The molecule has 13 heteroatoms. The number of hydrogen-bond donors (Lipinski definition) is 5. The Balaban J connectivity index is 0.000000585. The summed E-state index contributed by atoms with van der Waals surface area (Å²) >= 11 is 1.29. The molecule has 2 fully saturated rings. The van der Waals surface area contributed by atoms with E-state index in [0.717, 1.165) is 22.8 Å². The fourth-order valence-electron chi connectivity index (χ4n) is 5.51. The Hall–Kier alpha value is -2.97. The number of nitrogens with zero attached hydrogens (tertiary/aromatic N) is 1. The van der Waals surface area contributed by atoms with E-state index in [9.17, 15) is 32.9 Å². The molecule has 2 aromatic rings. The molecule has 8 nitrogen and oxygen atoms in total. The van der Waals surface area contributed by atoms with E-state index in [2.05, 4.69) is 4.90 Å². The summed E-state index contributed by atoms with van der Waals surface area (Å²) in [5.41, 5.74) is 2.42. The molecule has 0 spiro atoms. The molecule has 1 saturated carbocycles. The maximum atomic E-state index is 14.0. The normalized spacial score (nSPS) is 24.6. The van der Waals surface area contributed by atoms with Gasteiger partial charge in [-0.15, -0.1) is 0 Å². The minimum absolute atomic E-state index is 0.0578. The summed E-state index contributed by atoms with van der Waals surface area (Å²) in [5, 5.41) is 44.6. The first-order chi connectivity index (χ1) is 19.2. The van der Waals surface area contributed by atoms with Crippen LogP contribution in [0.3, 0.4) is 0 Å². The van der Waals surface area contributed by atoms with Gasteiger partial charge in [-0.2, -0.15) is 13.2 Å². The van der Waals surface area contributed by atoms with Gasteiger partial charge in [0.1, 0.15) is 11.9 Å². The average molecular weight is 600 g/mol. The lowest BCUT2D eigenvalue weighted by Crippen LogP contribution is -2.47. The van der Waals surface area contributed by atoms with E-state index in [1.807, 2.05) is 0 Å². The maximum absolute atomic E-state index is 14.0. The van der Waals surface area contributed by atoms with Crippen LogP contribution in [0.2, 0.25) is 0 Å². The largest absolute Gasteiger partial charge is 0.473 e. The minimum Gasteiger partial charge on any atom is -0.473 e. The standard InChI is InChI=1S/C26H27F4NO3S.C2H2O4/c27-17-2-3-18-23(12-17)35-22-4-1-16(26(28,29)30)11-19(22)24(18)15-5-7-31(8-6-15)13-14-9-20(32)25(34)21(33)10-14;3-1(4)2(5)6/h1-4,11-12,14,20-21,25,32-34H,5-10,13H2;(H,3,4)(H,5,6)/t14?,20-,21+,25?;. The zero-order valence-electron chi connectivity index (χ0n) is 21.6. The molecule has 5 N–H and O–H groups in total. The number of hydrogen-bond acceptors (Lipinski definition) is 7. The highest BCUT2D eigenvalue weighted by atomic mass is 32.2. The van der Waals surface area contributed by atoms with Crippen molar-refractivity contribution in [3.8, 4) is 0 Å². The minimum atomic E-state index is -4.45. The van der Waals surface area contributed by atoms with Gasteiger partial charge in [-0.1, -0.05) is 23.4 Å². The molecule has 0 amide bonds. The molecule has 222 valence electrons. The fourth-order valence-corrected chi connectivity index (χ4v) is 6.60. The van der Waals surface area contributed by atoms with Gasteiger partial charge in [-0.3, -0.25) is 0 Å². The van der Waals surface area contributed by atoms with Crippen LogP contribution in [0.4, 0.5) is 17.6 Å². The van der Waals surface area contributed by atoms with Gasteiger partial charge < -0.3 is 30.4 Å². The predicted molar refractivity (Wildman–Crippen MR) is 140 cm³/mol. The molecule has 0 radical (unpaired) electrons. The van der Waals surface area contributed by atoms with Crippen LogP contribution in [0.5, 0.6) is 0 Å². The lowest BCUT2D eigenvalue weighted by Gasteiger charge is -2.38. The van der Waals surface area contributed by atoms with Crippen LogP contribution in [-0.4, -0.2) is 80.3 Å². The summed E-state index contributed by atoms with van der Waals surface area (Å²) < 4.78 is 54.5. The number of carboxylic acids is 2. The summed E-state index contributed by atoms with van der Waals surface area (Å²) in [5.74, 6) is -3.97. The summed E-state index contributed by atoms with van der Waals surface area (Å²) in [6.07, 6.45) is -5.28. The molecule has 1 aliphatic carbocycles. The van der Waals surface area contributed by atoms with Crippen molar-refractivity contribution in [2.45, 2.75) is 60.0 Å². The van der Waals surface area contributed by atoms with Gasteiger partial charge in [0, 0.05) is 29.4 Å². The number of likely N-dealkylation sites (tertiary alicyclic amines) is 1. The summed E-state index contributed by atoms with van der Waals surface area (Å²) in [6, 6.07) is 8.20. The number of alkyl halides is 3. The molecule has 2 aromatic carbocycles. The lowest BCUT2D eigenvalue weighted by molar-refractivity contribution is -0.159. The van der Waals surface area contributed by atoms with Gasteiger partial charge in [-0.05, 0) is 78.6 Å². The van der Waals surface area contributed by atoms with Crippen molar-refractivity contribution in [1.82, 2.24) is 4.90 Å². The third-order valence-electron chi connectivity index (χ3n) is 7.46. The number of rotatable bonds is 2. The van der Waals surface area contributed by atoms with E-state index in [1.54, 1.807) is 6.07 Å². The number of aliphatic hydroxyl groups excluding tert-OH is 3. The third kappa shape index (κ3) is 7.28. The zero-order chi connectivity index (χ0) is 30.1. The van der Waals surface area contributed by atoms with E-state index in [0.29, 0.717) is 60.7 Å². The number of piperidine rings is 1. The highest BCUT2D eigenvalue weighted by Gasteiger charge is 2.36. The van der Waals surface area contributed by atoms with Crippen LogP contribution < -0.4 is 0 Å². The summed E-state index contributed by atoms with van der Waals surface area (Å²) in [7, 11) is 0. The van der Waals surface area contributed by atoms with E-state index < -0.39 is 42.0 Å². The second kappa shape index (κ2) is 12.5. The van der Waals surface area contributed by atoms with Gasteiger partial charge in [0.25, 0.3) is 0 Å². The molecule has 3 aliphatic rings. The molecular weight excluding hydrogens is 570 g/mol. The van der Waals surface area contributed by atoms with Crippen LogP contribution in [-0.2, 0) is 15.8 Å². The number of carbonyl (C=O) groups is 2. The SMILES string of the molecule is O=C(O)C(=O)O.OC1[C@H](O)CC(CN2CCC(=C3c4ccc(F)cc4Sc4ccc(C(F)(F)F)cc43)CC2)C[C@@H]1O. The van der Waals surface area contributed by atoms with Crippen molar-refractivity contribution in [2.75, 3.05) is 19.6 Å². The number of carboxylic acid groups (broad SMARTS) is 2.